The van der Waals surface area contributed by atoms with Gasteiger partial charge in [-0.25, -0.2) is 9.59 Å². The minimum atomic E-state index is -1.16. The number of aromatic carboxylic acids is 1. The number of carbonyl (C=O) groups is 2. The first-order chi connectivity index (χ1) is 9.41. The fraction of sp³-hybridized carbons (Fsp3) is 0.429. The quantitative estimate of drug-likeness (QED) is 0.895. The first kappa shape index (κ1) is 14.7. The average Bonchev–Trinajstić information content (AvgIpc) is 3.20. The van der Waals surface area contributed by atoms with Crippen LogP contribution in [-0.4, -0.2) is 35.1 Å². The van der Waals surface area contributed by atoms with Crippen molar-refractivity contribution in [3.63, 3.8) is 0 Å². The molecule has 20 heavy (non-hydrogen) atoms. The molecule has 5 nitrogen and oxygen atoms in total. The number of hydrogen-bond acceptors (Lipinski definition) is 2. The first-order valence-corrected chi connectivity index (χ1v) is 6.85. The van der Waals surface area contributed by atoms with Gasteiger partial charge in [0.1, 0.15) is 5.56 Å². The monoisotopic (exact) mass is 296 g/mol. The number of halogens is 1. The Labute approximate surface area is 122 Å². The lowest BCUT2D eigenvalue weighted by molar-refractivity contribution is 0.0698. The molecule has 0 heterocycles. The van der Waals surface area contributed by atoms with E-state index in [1.54, 1.807) is 18.0 Å². The fourth-order valence-electron chi connectivity index (χ4n) is 2.13. The molecule has 0 saturated heterocycles. The van der Waals surface area contributed by atoms with Gasteiger partial charge >= 0.3 is 12.0 Å². The highest BCUT2D eigenvalue weighted by molar-refractivity contribution is 6.34. The summed E-state index contributed by atoms with van der Waals surface area (Å²) in [6, 6.07) is 4.44. The molecule has 1 unspecified atom stereocenters. The van der Waals surface area contributed by atoms with E-state index in [0.717, 1.165) is 12.8 Å². The van der Waals surface area contributed by atoms with Gasteiger partial charge in [0.2, 0.25) is 0 Å². The van der Waals surface area contributed by atoms with E-state index in [-0.39, 0.29) is 28.3 Å². The van der Waals surface area contributed by atoms with E-state index < -0.39 is 5.97 Å². The second-order valence-electron chi connectivity index (χ2n) is 5.09. The highest BCUT2D eigenvalue weighted by Gasteiger charge is 2.32. The molecule has 1 aromatic carbocycles. The fourth-order valence-corrected chi connectivity index (χ4v) is 2.38. The molecule has 1 aliphatic rings. The van der Waals surface area contributed by atoms with Gasteiger partial charge in [0.15, 0.2) is 0 Å². The highest BCUT2D eigenvalue weighted by Crippen LogP contribution is 2.35. The number of carboxylic acid groups (broad SMARTS) is 1. The third kappa shape index (κ3) is 3.04. The van der Waals surface area contributed by atoms with Crippen molar-refractivity contribution in [2.24, 2.45) is 5.92 Å². The van der Waals surface area contributed by atoms with Gasteiger partial charge in [-0.1, -0.05) is 17.7 Å². The zero-order valence-electron chi connectivity index (χ0n) is 11.4. The molecular weight excluding hydrogens is 280 g/mol. The van der Waals surface area contributed by atoms with E-state index in [9.17, 15) is 9.59 Å². The molecule has 2 N–H and O–H groups in total. The van der Waals surface area contributed by atoms with E-state index in [1.165, 1.54) is 12.1 Å². The summed E-state index contributed by atoms with van der Waals surface area (Å²) >= 11 is 5.86. The standard InChI is InChI=1S/C14H17ClN2O3/c1-8(9-6-7-9)17(2)14(20)16-11-5-3-4-10(15)12(11)13(18)19/h3-5,8-9H,6-7H2,1-2H3,(H,16,20)(H,18,19). The summed E-state index contributed by atoms with van der Waals surface area (Å²) in [7, 11) is 1.71. The molecule has 1 fully saturated rings. The number of rotatable bonds is 4. The number of anilines is 1. The predicted octanol–water partition coefficient (Wildman–Crippen LogP) is 3.30. The summed E-state index contributed by atoms with van der Waals surface area (Å²) in [5.74, 6) is -0.618. The number of carboxylic acids is 1. The van der Waals surface area contributed by atoms with Gasteiger partial charge in [-0.15, -0.1) is 0 Å². The molecule has 2 amide bonds. The third-order valence-electron chi connectivity index (χ3n) is 3.70. The lowest BCUT2D eigenvalue weighted by Gasteiger charge is -2.25. The molecular formula is C14H17ClN2O3. The van der Waals surface area contributed by atoms with Crippen LogP contribution in [0, 0.1) is 5.92 Å². The van der Waals surface area contributed by atoms with Gasteiger partial charge < -0.3 is 15.3 Å². The van der Waals surface area contributed by atoms with E-state index in [0.29, 0.717) is 5.92 Å². The molecule has 0 bridgehead atoms. The molecule has 0 spiro atoms. The molecule has 0 aliphatic heterocycles. The van der Waals surface area contributed by atoms with Crippen molar-refractivity contribution in [3.05, 3.63) is 28.8 Å². The van der Waals surface area contributed by atoms with Crippen LogP contribution >= 0.6 is 11.6 Å². The zero-order valence-corrected chi connectivity index (χ0v) is 12.1. The summed E-state index contributed by atoms with van der Waals surface area (Å²) in [5, 5.41) is 11.9. The van der Waals surface area contributed by atoms with Gasteiger partial charge in [0, 0.05) is 13.1 Å². The molecule has 0 aromatic heterocycles. The smallest absolute Gasteiger partial charge is 0.339 e. The van der Waals surface area contributed by atoms with Gasteiger partial charge in [-0.2, -0.15) is 0 Å². The number of amides is 2. The van der Waals surface area contributed by atoms with Crippen molar-refractivity contribution in [1.82, 2.24) is 4.90 Å². The Bertz CT molecular complexity index is 543. The van der Waals surface area contributed by atoms with Crippen molar-refractivity contribution in [1.29, 1.82) is 0 Å². The van der Waals surface area contributed by atoms with Crippen LogP contribution in [0.2, 0.25) is 5.02 Å². The molecule has 2 rings (SSSR count). The zero-order chi connectivity index (χ0) is 14.9. The number of nitrogens with one attached hydrogen (secondary N) is 1. The Morgan fingerprint density at radius 1 is 1.45 bits per heavy atom. The van der Waals surface area contributed by atoms with Gasteiger partial charge in [-0.05, 0) is 37.8 Å². The van der Waals surface area contributed by atoms with E-state index in [2.05, 4.69) is 5.32 Å². The summed E-state index contributed by atoms with van der Waals surface area (Å²) in [4.78, 5) is 24.9. The lowest BCUT2D eigenvalue weighted by atomic mass is 10.1. The second kappa shape index (κ2) is 5.71. The third-order valence-corrected chi connectivity index (χ3v) is 4.02. The number of benzene rings is 1. The minimum absolute atomic E-state index is 0.0880. The molecule has 1 aromatic rings. The summed E-state index contributed by atoms with van der Waals surface area (Å²) < 4.78 is 0. The van der Waals surface area contributed by atoms with Gasteiger partial charge in [0.05, 0.1) is 10.7 Å². The van der Waals surface area contributed by atoms with E-state index in [1.807, 2.05) is 6.92 Å². The van der Waals surface area contributed by atoms with Crippen LogP contribution in [0.15, 0.2) is 18.2 Å². The van der Waals surface area contributed by atoms with Crippen LogP contribution in [0.3, 0.4) is 0 Å². The molecule has 6 heteroatoms. The second-order valence-corrected chi connectivity index (χ2v) is 5.49. The molecule has 108 valence electrons. The van der Waals surface area contributed by atoms with Crippen LogP contribution in [0.5, 0.6) is 0 Å². The topological polar surface area (TPSA) is 69.6 Å². The van der Waals surface area contributed by atoms with E-state index >= 15 is 0 Å². The van der Waals surface area contributed by atoms with Crippen molar-refractivity contribution in [2.45, 2.75) is 25.8 Å². The van der Waals surface area contributed by atoms with Crippen molar-refractivity contribution in [3.8, 4) is 0 Å². The van der Waals surface area contributed by atoms with Crippen molar-refractivity contribution in [2.75, 3.05) is 12.4 Å². The first-order valence-electron chi connectivity index (χ1n) is 6.47. The molecule has 1 aliphatic carbocycles. The van der Waals surface area contributed by atoms with Crippen LogP contribution in [0.25, 0.3) is 0 Å². The Hall–Kier alpha value is -1.75. The summed E-state index contributed by atoms with van der Waals surface area (Å²) in [5.41, 5.74) is 0.125. The number of nitrogens with zero attached hydrogens (tertiary/aromatic N) is 1. The number of hydrogen-bond donors (Lipinski definition) is 2. The predicted molar refractivity (Wildman–Crippen MR) is 77.4 cm³/mol. The van der Waals surface area contributed by atoms with Crippen molar-refractivity contribution < 1.29 is 14.7 Å². The van der Waals surface area contributed by atoms with E-state index in [4.69, 9.17) is 16.7 Å². The maximum absolute atomic E-state index is 12.2. The average molecular weight is 297 g/mol. The van der Waals surface area contributed by atoms with Gasteiger partial charge in [-0.3, -0.25) is 0 Å². The summed E-state index contributed by atoms with van der Waals surface area (Å²) in [6.45, 7) is 1.99. The molecule has 1 saturated carbocycles. The van der Waals surface area contributed by atoms with Crippen molar-refractivity contribution >= 4 is 29.3 Å². The number of urea groups is 1. The molecule has 1 atom stereocenters. The number of carbonyl (C=O) groups excluding carboxylic acids is 1. The SMILES string of the molecule is CC(C1CC1)N(C)C(=O)Nc1cccc(Cl)c1C(=O)O. The Morgan fingerprint density at radius 3 is 2.65 bits per heavy atom. The Morgan fingerprint density at radius 2 is 2.10 bits per heavy atom. The minimum Gasteiger partial charge on any atom is -0.478 e. The highest BCUT2D eigenvalue weighted by atomic mass is 35.5. The summed E-state index contributed by atoms with van der Waals surface area (Å²) in [6.07, 6.45) is 2.27. The maximum Gasteiger partial charge on any atom is 0.339 e. The maximum atomic E-state index is 12.2. The van der Waals surface area contributed by atoms with Crippen LogP contribution in [0.1, 0.15) is 30.1 Å². The van der Waals surface area contributed by atoms with Gasteiger partial charge in [0.25, 0.3) is 0 Å². The Balaban J connectivity index is 2.15. The lowest BCUT2D eigenvalue weighted by Crippen LogP contribution is -2.39. The van der Waals surface area contributed by atoms with Crippen LogP contribution < -0.4 is 5.32 Å². The largest absolute Gasteiger partial charge is 0.478 e. The molecule has 0 radical (unpaired) electrons. The Kier molecular flexibility index (Phi) is 4.18. The van der Waals surface area contributed by atoms with Crippen LogP contribution in [0.4, 0.5) is 10.5 Å². The normalized spacial score (nSPS) is 15.6. The van der Waals surface area contributed by atoms with Crippen LogP contribution in [-0.2, 0) is 0 Å².